The van der Waals surface area contributed by atoms with Crippen LogP contribution < -0.4 is 5.43 Å². The second-order valence-electron chi connectivity index (χ2n) is 3.38. The van der Waals surface area contributed by atoms with Crippen LogP contribution in [0.4, 0.5) is 0 Å². The molecule has 6 nitrogen and oxygen atoms in total. The zero-order valence-electron chi connectivity index (χ0n) is 9.09. The minimum atomic E-state index is -0.355. The van der Waals surface area contributed by atoms with E-state index in [1.807, 2.05) is 22.6 Å². The maximum Gasteiger partial charge on any atom is 0.290 e. The van der Waals surface area contributed by atoms with E-state index in [0.29, 0.717) is 5.69 Å². The average molecular weight is 356 g/mol. The number of hydrogen-bond acceptors (Lipinski definition) is 4. The third-order valence-electron chi connectivity index (χ3n) is 2.09. The molecule has 7 heteroatoms. The van der Waals surface area contributed by atoms with Crippen molar-refractivity contribution in [3.05, 3.63) is 45.3 Å². The Morgan fingerprint density at radius 1 is 1.44 bits per heavy atom. The number of benzene rings is 1. The van der Waals surface area contributed by atoms with Crippen LogP contribution in [0.5, 0.6) is 5.75 Å². The fourth-order valence-corrected chi connectivity index (χ4v) is 1.72. The Hall–Kier alpha value is -1.90. The van der Waals surface area contributed by atoms with E-state index in [4.69, 9.17) is 5.11 Å². The molecular formula is C11H9IN4O2. The van der Waals surface area contributed by atoms with Crippen molar-refractivity contribution in [3.63, 3.8) is 0 Å². The molecule has 3 N–H and O–H groups in total. The van der Waals surface area contributed by atoms with E-state index in [1.165, 1.54) is 6.21 Å². The maximum atomic E-state index is 11.6. The fraction of sp³-hybridized carbons (Fsp3) is 0. The lowest BCUT2D eigenvalue weighted by molar-refractivity contribution is 0.0949. The number of carbonyl (C=O) groups is 1. The van der Waals surface area contributed by atoms with Gasteiger partial charge in [-0.1, -0.05) is 0 Å². The summed E-state index contributed by atoms with van der Waals surface area (Å²) in [5, 5.41) is 19.2. The molecule has 0 atom stereocenters. The first kappa shape index (κ1) is 12.6. The summed E-state index contributed by atoms with van der Waals surface area (Å²) in [7, 11) is 0. The van der Waals surface area contributed by atoms with Gasteiger partial charge in [-0.2, -0.15) is 10.2 Å². The Balaban J connectivity index is 1.98. The van der Waals surface area contributed by atoms with Gasteiger partial charge in [-0.15, -0.1) is 0 Å². The Labute approximate surface area is 116 Å². The standard InChI is InChI=1S/C11H9IN4O2/c12-9-6-14-15-10(9)11(18)16-13-5-7-1-3-8(17)4-2-7/h1-6,17H,(H,14,15)(H,16,18). The number of aromatic amines is 1. The number of aromatic nitrogens is 2. The van der Waals surface area contributed by atoms with Crippen LogP contribution in [-0.2, 0) is 0 Å². The van der Waals surface area contributed by atoms with E-state index in [1.54, 1.807) is 30.5 Å². The Kier molecular flexibility index (Phi) is 3.92. The number of amides is 1. The summed E-state index contributed by atoms with van der Waals surface area (Å²) < 4.78 is 0.727. The molecule has 0 saturated heterocycles. The molecule has 0 aliphatic heterocycles. The smallest absolute Gasteiger partial charge is 0.290 e. The molecule has 1 heterocycles. The van der Waals surface area contributed by atoms with Crippen molar-refractivity contribution in [3.8, 4) is 5.75 Å². The van der Waals surface area contributed by atoms with Crippen molar-refractivity contribution in [1.82, 2.24) is 15.6 Å². The minimum absolute atomic E-state index is 0.184. The molecule has 0 bridgehead atoms. The van der Waals surface area contributed by atoms with Crippen LogP contribution in [0, 0.1) is 3.57 Å². The average Bonchev–Trinajstić information content (AvgIpc) is 2.78. The van der Waals surface area contributed by atoms with Gasteiger partial charge < -0.3 is 5.11 Å². The number of phenolic OH excluding ortho intramolecular Hbond substituents is 1. The monoisotopic (exact) mass is 356 g/mol. The van der Waals surface area contributed by atoms with Crippen molar-refractivity contribution >= 4 is 34.7 Å². The summed E-state index contributed by atoms with van der Waals surface area (Å²) in [5.41, 5.74) is 3.53. The molecule has 2 aromatic rings. The number of carbonyl (C=O) groups excluding carboxylic acids is 1. The van der Waals surface area contributed by atoms with Crippen LogP contribution in [-0.4, -0.2) is 27.4 Å². The van der Waals surface area contributed by atoms with Gasteiger partial charge in [0.15, 0.2) is 0 Å². The third-order valence-corrected chi connectivity index (χ3v) is 2.91. The number of H-pyrrole nitrogens is 1. The van der Waals surface area contributed by atoms with E-state index < -0.39 is 0 Å². The molecule has 2 rings (SSSR count). The highest BCUT2D eigenvalue weighted by Crippen LogP contribution is 2.08. The largest absolute Gasteiger partial charge is 0.508 e. The predicted molar refractivity (Wildman–Crippen MR) is 74.5 cm³/mol. The highest BCUT2D eigenvalue weighted by molar-refractivity contribution is 14.1. The lowest BCUT2D eigenvalue weighted by atomic mass is 10.2. The van der Waals surface area contributed by atoms with Crippen LogP contribution in [0.3, 0.4) is 0 Å². The van der Waals surface area contributed by atoms with Crippen molar-refractivity contribution in [2.24, 2.45) is 5.10 Å². The lowest BCUT2D eigenvalue weighted by Crippen LogP contribution is -2.19. The summed E-state index contributed by atoms with van der Waals surface area (Å²) in [6.45, 7) is 0. The molecular weight excluding hydrogens is 347 g/mol. The van der Waals surface area contributed by atoms with E-state index in [0.717, 1.165) is 9.13 Å². The third kappa shape index (κ3) is 3.06. The molecule has 1 aromatic heterocycles. The van der Waals surface area contributed by atoms with E-state index in [9.17, 15) is 4.79 Å². The molecule has 0 aliphatic rings. The highest BCUT2D eigenvalue weighted by atomic mass is 127. The Bertz CT molecular complexity index is 577. The first-order valence-corrected chi connectivity index (χ1v) is 6.06. The number of phenols is 1. The number of hydrogen-bond donors (Lipinski definition) is 3. The van der Waals surface area contributed by atoms with E-state index in [-0.39, 0.29) is 11.7 Å². The maximum absolute atomic E-state index is 11.6. The summed E-state index contributed by atoms with van der Waals surface area (Å²) >= 11 is 2.00. The molecule has 1 amide bonds. The van der Waals surface area contributed by atoms with Crippen LogP contribution in [0.25, 0.3) is 0 Å². The number of aromatic hydroxyl groups is 1. The second-order valence-corrected chi connectivity index (χ2v) is 4.55. The van der Waals surface area contributed by atoms with Crippen molar-refractivity contribution in [2.45, 2.75) is 0 Å². The zero-order chi connectivity index (χ0) is 13.0. The lowest BCUT2D eigenvalue weighted by Gasteiger charge is -1.97. The van der Waals surface area contributed by atoms with Crippen LogP contribution in [0.2, 0.25) is 0 Å². The molecule has 92 valence electrons. The number of nitrogens with one attached hydrogen (secondary N) is 2. The SMILES string of the molecule is O=C(NN=Cc1ccc(O)cc1)c1[nH]ncc1I. The van der Waals surface area contributed by atoms with Gasteiger partial charge in [0.25, 0.3) is 5.91 Å². The Morgan fingerprint density at radius 3 is 2.78 bits per heavy atom. The fourth-order valence-electron chi connectivity index (χ4n) is 1.21. The number of halogens is 1. The Morgan fingerprint density at radius 2 is 2.17 bits per heavy atom. The number of rotatable bonds is 3. The molecule has 0 saturated carbocycles. The quantitative estimate of drug-likeness (QED) is 0.442. The van der Waals surface area contributed by atoms with Crippen LogP contribution >= 0.6 is 22.6 Å². The molecule has 0 unspecified atom stereocenters. The summed E-state index contributed by atoms with van der Waals surface area (Å²) in [5.74, 6) is -0.171. The topological polar surface area (TPSA) is 90.4 Å². The summed E-state index contributed by atoms with van der Waals surface area (Å²) in [6.07, 6.45) is 3.04. The van der Waals surface area contributed by atoms with Gasteiger partial charge in [0.1, 0.15) is 11.4 Å². The zero-order valence-corrected chi connectivity index (χ0v) is 11.2. The molecule has 18 heavy (non-hydrogen) atoms. The second kappa shape index (κ2) is 5.63. The molecule has 0 radical (unpaired) electrons. The summed E-state index contributed by atoms with van der Waals surface area (Å²) in [4.78, 5) is 11.6. The van der Waals surface area contributed by atoms with Gasteiger partial charge in [0, 0.05) is 0 Å². The van der Waals surface area contributed by atoms with Crippen molar-refractivity contribution in [1.29, 1.82) is 0 Å². The minimum Gasteiger partial charge on any atom is -0.508 e. The van der Waals surface area contributed by atoms with Gasteiger partial charge in [-0.3, -0.25) is 9.89 Å². The summed E-state index contributed by atoms with van der Waals surface area (Å²) in [6, 6.07) is 6.46. The molecule has 0 aliphatic carbocycles. The van der Waals surface area contributed by atoms with Gasteiger partial charge in [0.05, 0.1) is 16.0 Å². The van der Waals surface area contributed by atoms with Gasteiger partial charge >= 0.3 is 0 Å². The van der Waals surface area contributed by atoms with Crippen molar-refractivity contribution < 1.29 is 9.90 Å². The van der Waals surface area contributed by atoms with Crippen molar-refractivity contribution in [2.75, 3.05) is 0 Å². The van der Waals surface area contributed by atoms with Gasteiger partial charge in [-0.25, -0.2) is 5.43 Å². The predicted octanol–water partition coefficient (Wildman–Crippen LogP) is 1.48. The molecule has 0 fully saturated rings. The normalized spacial score (nSPS) is 10.7. The van der Waals surface area contributed by atoms with E-state index in [2.05, 4.69) is 20.7 Å². The van der Waals surface area contributed by atoms with E-state index >= 15 is 0 Å². The van der Waals surface area contributed by atoms with Crippen LogP contribution in [0.1, 0.15) is 16.1 Å². The first-order chi connectivity index (χ1) is 8.66. The first-order valence-electron chi connectivity index (χ1n) is 4.98. The highest BCUT2D eigenvalue weighted by Gasteiger charge is 2.10. The van der Waals surface area contributed by atoms with Crippen LogP contribution in [0.15, 0.2) is 35.6 Å². The number of hydrazone groups is 1. The number of nitrogens with zero attached hydrogens (tertiary/aromatic N) is 2. The molecule has 1 aromatic carbocycles. The molecule has 0 spiro atoms. The van der Waals surface area contributed by atoms with Gasteiger partial charge in [0.2, 0.25) is 0 Å². The van der Waals surface area contributed by atoms with Gasteiger partial charge in [-0.05, 0) is 52.4 Å².